The molecule has 0 unspecified atom stereocenters. The zero-order chi connectivity index (χ0) is 19.7. The van der Waals surface area contributed by atoms with Gasteiger partial charge in [0.05, 0.1) is 17.1 Å². The first-order valence-corrected chi connectivity index (χ1v) is 10.8. The number of aryl methyl sites for hydroxylation is 1. The molecule has 6 heteroatoms. The number of carbonyl (C=O) groups excluding carboxylic acids is 1. The Hall–Kier alpha value is -2.21. The van der Waals surface area contributed by atoms with Gasteiger partial charge in [-0.15, -0.1) is 5.10 Å². The quantitative estimate of drug-likeness (QED) is 0.509. The number of aromatic amines is 1. The molecular formula is C22H24N4OS. The summed E-state index contributed by atoms with van der Waals surface area (Å²) >= 11 is 1.39. The fraction of sp³-hybridized carbons (Fsp3) is 0.455. The minimum absolute atomic E-state index is 0.0513. The van der Waals surface area contributed by atoms with Crippen LogP contribution in [0.15, 0.2) is 29.4 Å². The zero-order valence-electron chi connectivity index (χ0n) is 16.7. The van der Waals surface area contributed by atoms with Gasteiger partial charge in [-0.1, -0.05) is 50.7 Å². The monoisotopic (exact) mass is 392 g/mol. The Morgan fingerprint density at radius 3 is 2.86 bits per heavy atom. The van der Waals surface area contributed by atoms with Crippen molar-refractivity contribution in [3.8, 4) is 0 Å². The van der Waals surface area contributed by atoms with Crippen molar-refractivity contribution >= 4 is 28.4 Å². The van der Waals surface area contributed by atoms with Crippen LogP contribution in [0, 0.1) is 12.3 Å². The lowest BCUT2D eigenvalue weighted by atomic mass is 9.70. The Morgan fingerprint density at radius 1 is 1.25 bits per heavy atom. The van der Waals surface area contributed by atoms with E-state index in [9.17, 15) is 4.79 Å². The van der Waals surface area contributed by atoms with Gasteiger partial charge in [0.2, 0.25) is 5.16 Å². The van der Waals surface area contributed by atoms with E-state index in [0.29, 0.717) is 16.8 Å². The Labute approximate surface area is 168 Å². The van der Waals surface area contributed by atoms with Crippen LogP contribution in [-0.4, -0.2) is 31.7 Å². The summed E-state index contributed by atoms with van der Waals surface area (Å²) in [5.74, 6) is 0.853. The number of aromatic nitrogens is 4. The molecule has 0 saturated heterocycles. The molecule has 2 aliphatic rings. The van der Waals surface area contributed by atoms with Crippen molar-refractivity contribution < 1.29 is 4.79 Å². The van der Waals surface area contributed by atoms with Gasteiger partial charge in [-0.2, -0.15) is 5.10 Å². The summed E-state index contributed by atoms with van der Waals surface area (Å²) in [4.78, 5) is 21.1. The fourth-order valence-corrected chi connectivity index (χ4v) is 5.92. The number of H-pyrrole nitrogens is 1. The van der Waals surface area contributed by atoms with Crippen LogP contribution in [0.2, 0.25) is 0 Å². The summed E-state index contributed by atoms with van der Waals surface area (Å²) in [5, 5.41) is 10.5. The number of nitrogens with zero attached hydrogens (tertiary/aromatic N) is 3. The number of carbonyl (C=O) groups is 1. The van der Waals surface area contributed by atoms with Crippen LogP contribution in [0.5, 0.6) is 0 Å². The van der Waals surface area contributed by atoms with Crippen LogP contribution < -0.4 is 0 Å². The van der Waals surface area contributed by atoms with E-state index in [-0.39, 0.29) is 16.6 Å². The lowest BCUT2D eigenvalue weighted by Gasteiger charge is -2.33. The lowest BCUT2D eigenvalue weighted by Crippen LogP contribution is -2.32. The van der Waals surface area contributed by atoms with E-state index in [1.54, 1.807) is 0 Å². The fourth-order valence-electron chi connectivity index (χ4n) is 5.26. The lowest BCUT2D eigenvalue weighted by molar-refractivity contribution is 0.102. The first-order valence-electron chi connectivity index (χ1n) is 9.81. The molecule has 1 saturated carbocycles. The third kappa shape index (κ3) is 2.27. The Balaban J connectivity index is 1.40. The van der Waals surface area contributed by atoms with Crippen molar-refractivity contribution in [1.82, 2.24) is 20.2 Å². The number of nitrogens with one attached hydrogen (secondary N) is 1. The van der Waals surface area contributed by atoms with Crippen LogP contribution in [0.1, 0.15) is 67.0 Å². The summed E-state index contributed by atoms with van der Waals surface area (Å²) in [5.41, 5.74) is 5.06. The van der Waals surface area contributed by atoms with Crippen molar-refractivity contribution in [2.24, 2.45) is 5.41 Å². The minimum atomic E-state index is 0.0513. The Bertz CT molecular complexity index is 1120. The highest BCUT2D eigenvalue weighted by Crippen LogP contribution is 2.66. The van der Waals surface area contributed by atoms with Crippen molar-refractivity contribution in [2.75, 3.05) is 5.75 Å². The van der Waals surface area contributed by atoms with Gasteiger partial charge in [0, 0.05) is 33.5 Å². The molecule has 3 aromatic rings. The maximum absolute atomic E-state index is 12.9. The summed E-state index contributed by atoms with van der Waals surface area (Å²) in [7, 11) is 0. The molecule has 144 valence electrons. The van der Waals surface area contributed by atoms with Crippen molar-refractivity contribution in [3.05, 3.63) is 46.9 Å². The van der Waals surface area contributed by atoms with E-state index in [2.05, 4.69) is 36.0 Å². The molecule has 0 radical (unpaired) electrons. The maximum atomic E-state index is 12.9. The van der Waals surface area contributed by atoms with Crippen LogP contribution in [-0.2, 0) is 5.41 Å². The molecule has 1 fully saturated rings. The number of thioether (sulfide) groups is 1. The molecule has 1 N–H and O–H groups in total. The van der Waals surface area contributed by atoms with E-state index >= 15 is 0 Å². The number of benzene rings is 1. The second kappa shape index (κ2) is 5.89. The van der Waals surface area contributed by atoms with E-state index in [0.717, 1.165) is 46.4 Å². The minimum Gasteiger partial charge on any atom is -0.358 e. The maximum Gasteiger partial charge on any atom is 0.209 e. The first-order chi connectivity index (χ1) is 13.3. The molecular weight excluding hydrogens is 368 g/mol. The van der Waals surface area contributed by atoms with E-state index in [1.807, 2.05) is 31.2 Å². The summed E-state index contributed by atoms with van der Waals surface area (Å²) < 4.78 is 0. The second-order valence-corrected chi connectivity index (χ2v) is 9.80. The SMILES string of the molecule is Cc1[nH]c2ccccc2c1C(=O)CSc1nnc2c(n1)[C@]1(C)CC[C@@H]2C1(C)C. The molecule has 0 amide bonds. The van der Waals surface area contributed by atoms with Gasteiger partial charge >= 0.3 is 0 Å². The van der Waals surface area contributed by atoms with Gasteiger partial charge in [-0.05, 0) is 31.2 Å². The van der Waals surface area contributed by atoms with Crippen LogP contribution in [0.25, 0.3) is 10.9 Å². The van der Waals surface area contributed by atoms with E-state index in [1.165, 1.54) is 11.8 Å². The number of ketones is 1. The summed E-state index contributed by atoms with van der Waals surface area (Å²) in [6.07, 6.45) is 2.31. The topological polar surface area (TPSA) is 71.5 Å². The highest BCUT2D eigenvalue weighted by molar-refractivity contribution is 7.99. The molecule has 2 heterocycles. The van der Waals surface area contributed by atoms with Crippen molar-refractivity contribution in [3.63, 3.8) is 0 Å². The van der Waals surface area contributed by atoms with E-state index < -0.39 is 0 Å². The molecule has 28 heavy (non-hydrogen) atoms. The van der Waals surface area contributed by atoms with Gasteiger partial charge in [-0.25, -0.2) is 4.98 Å². The predicted octanol–water partition coefficient (Wildman–Crippen LogP) is 4.81. The molecule has 0 spiro atoms. The summed E-state index contributed by atoms with van der Waals surface area (Å²) in [6, 6.07) is 7.92. The third-order valence-corrected chi connectivity index (χ3v) is 8.11. The van der Waals surface area contributed by atoms with Gasteiger partial charge in [-0.3, -0.25) is 4.79 Å². The molecule has 1 aromatic carbocycles. The van der Waals surface area contributed by atoms with Crippen LogP contribution in [0.3, 0.4) is 0 Å². The molecule has 2 atom stereocenters. The second-order valence-electron chi connectivity index (χ2n) is 8.86. The van der Waals surface area contributed by atoms with Gasteiger partial charge < -0.3 is 4.98 Å². The molecule has 5 rings (SSSR count). The largest absolute Gasteiger partial charge is 0.358 e. The summed E-state index contributed by atoms with van der Waals surface area (Å²) in [6.45, 7) is 8.90. The third-order valence-electron chi connectivity index (χ3n) is 7.28. The average Bonchev–Trinajstić information content (AvgIpc) is 3.18. The van der Waals surface area contributed by atoms with E-state index in [4.69, 9.17) is 4.98 Å². The number of para-hydroxylation sites is 1. The zero-order valence-corrected chi connectivity index (χ0v) is 17.5. The Morgan fingerprint density at radius 2 is 2.04 bits per heavy atom. The number of hydrogen-bond acceptors (Lipinski definition) is 5. The number of hydrogen-bond donors (Lipinski definition) is 1. The first kappa shape index (κ1) is 17.9. The molecule has 0 aliphatic heterocycles. The van der Waals surface area contributed by atoms with Gasteiger partial charge in [0.1, 0.15) is 0 Å². The number of Topliss-reactive ketones (excluding diaryl/α,β-unsaturated/α-hetero) is 1. The molecule has 2 aromatic heterocycles. The average molecular weight is 393 g/mol. The predicted molar refractivity (Wildman–Crippen MR) is 111 cm³/mol. The van der Waals surface area contributed by atoms with Gasteiger partial charge in [0.25, 0.3) is 0 Å². The normalized spacial score (nSPS) is 24.6. The Kier molecular flexibility index (Phi) is 3.76. The van der Waals surface area contributed by atoms with Gasteiger partial charge in [0.15, 0.2) is 5.78 Å². The standard InChI is InChI=1S/C22H24N4OS/c1-12-17(13-7-5-6-8-15(13)23-12)16(27)11-28-20-24-19-18(25-26-20)14-9-10-22(19,4)21(14,2)3/h5-8,14,23H,9-11H2,1-4H3/t14-,22-/m0/s1. The van der Waals surface area contributed by atoms with Crippen LogP contribution in [0.4, 0.5) is 0 Å². The van der Waals surface area contributed by atoms with Crippen molar-refractivity contribution in [2.45, 2.75) is 57.0 Å². The number of fused-ring (bicyclic) bond motifs is 6. The smallest absolute Gasteiger partial charge is 0.209 e. The number of rotatable bonds is 4. The highest BCUT2D eigenvalue weighted by Gasteiger charge is 2.61. The molecule has 2 bridgehead atoms. The molecule has 2 aliphatic carbocycles. The van der Waals surface area contributed by atoms with Crippen LogP contribution >= 0.6 is 11.8 Å². The highest BCUT2D eigenvalue weighted by atomic mass is 32.2. The van der Waals surface area contributed by atoms with Crippen molar-refractivity contribution in [1.29, 1.82) is 0 Å². The molecule has 5 nitrogen and oxygen atoms in total.